The molecule has 0 saturated carbocycles. The third-order valence-electron chi connectivity index (χ3n) is 4.93. The van der Waals surface area contributed by atoms with Crippen molar-refractivity contribution >= 4 is 12.0 Å². The van der Waals surface area contributed by atoms with E-state index in [4.69, 9.17) is 14.2 Å². The lowest BCUT2D eigenvalue weighted by Gasteiger charge is -2.35. The summed E-state index contributed by atoms with van der Waals surface area (Å²) in [6.07, 6.45) is 3.24. The van der Waals surface area contributed by atoms with Crippen molar-refractivity contribution in [2.75, 3.05) is 53.6 Å². The van der Waals surface area contributed by atoms with Crippen molar-refractivity contribution in [2.24, 2.45) is 0 Å². The zero-order valence-electron chi connectivity index (χ0n) is 18.3. The summed E-state index contributed by atoms with van der Waals surface area (Å²) in [7, 11) is 3.25. The van der Waals surface area contributed by atoms with E-state index in [0.717, 1.165) is 12.8 Å². The Balaban J connectivity index is 2.02. The molecule has 1 aromatic heterocycles. The maximum Gasteiger partial charge on any atom is 0.410 e. The predicted molar refractivity (Wildman–Crippen MR) is 110 cm³/mol. The van der Waals surface area contributed by atoms with E-state index in [1.165, 1.54) is 0 Å². The molecule has 0 spiro atoms. The van der Waals surface area contributed by atoms with Crippen LogP contribution in [0, 0.1) is 0 Å². The summed E-state index contributed by atoms with van der Waals surface area (Å²) in [5, 5.41) is 0. The number of carbonyl (C=O) groups excluding carboxylic acids is 2. The van der Waals surface area contributed by atoms with E-state index in [2.05, 4.69) is 0 Å². The molecule has 0 bridgehead atoms. The van der Waals surface area contributed by atoms with E-state index in [1.807, 2.05) is 43.7 Å². The summed E-state index contributed by atoms with van der Waals surface area (Å²) in [5.74, 6) is -0.0290. The van der Waals surface area contributed by atoms with Crippen LogP contribution in [-0.4, -0.2) is 85.6 Å². The topological polar surface area (TPSA) is 73.2 Å². The van der Waals surface area contributed by atoms with Crippen LogP contribution in [-0.2, 0) is 14.2 Å². The van der Waals surface area contributed by atoms with Gasteiger partial charge in [0, 0.05) is 52.6 Å². The lowest BCUT2D eigenvalue weighted by Crippen LogP contribution is -2.43. The summed E-state index contributed by atoms with van der Waals surface area (Å²) < 4.78 is 17.8. The van der Waals surface area contributed by atoms with Gasteiger partial charge in [-0.15, -0.1) is 0 Å². The van der Waals surface area contributed by atoms with Gasteiger partial charge in [-0.3, -0.25) is 4.79 Å². The summed E-state index contributed by atoms with van der Waals surface area (Å²) in [6, 6.07) is 3.93. The minimum absolute atomic E-state index is 0.0290. The van der Waals surface area contributed by atoms with Crippen LogP contribution in [0.2, 0.25) is 0 Å². The molecule has 164 valence electrons. The minimum atomic E-state index is -0.498. The number of hydrogen-bond donors (Lipinski definition) is 0. The number of nitrogens with zero attached hydrogens (tertiary/aromatic N) is 3. The van der Waals surface area contributed by atoms with Crippen LogP contribution >= 0.6 is 0 Å². The predicted octanol–water partition coefficient (Wildman–Crippen LogP) is 2.80. The molecule has 0 aliphatic carbocycles. The number of piperidine rings is 1. The first kappa shape index (κ1) is 23.2. The minimum Gasteiger partial charge on any atom is -0.444 e. The molecule has 1 fully saturated rings. The number of carbonyl (C=O) groups is 2. The molecule has 0 unspecified atom stereocenters. The van der Waals surface area contributed by atoms with Crippen molar-refractivity contribution in [1.82, 2.24) is 14.4 Å². The maximum absolute atomic E-state index is 13.1. The van der Waals surface area contributed by atoms with E-state index in [9.17, 15) is 9.59 Å². The number of likely N-dealkylation sites (tertiary alicyclic amines) is 1. The first-order valence-corrected chi connectivity index (χ1v) is 10.2. The molecule has 1 aromatic rings. The zero-order valence-corrected chi connectivity index (χ0v) is 18.3. The van der Waals surface area contributed by atoms with Gasteiger partial charge in [0.25, 0.3) is 5.91 Å². The Labute approximate surface area is 173 Å². The highest BCUT2D eigenvalue weighted by Gasteiger charge is 2.29. The van der Waals surface area contributed by atoms with Gasteiger partial charge in [-0.1, -0.05) is 0 Å². The molecule has 8 heteroatoms. The highest BCUT2D eigenvalue weighted by molar-refractivity contribution is 5.92. The largest absolute Gasteiger partial charge is 0.444 e. The zero-order chi connectivity index (χ0) is 21.4. The standard InChI is InChI=1S/C21H35N3O5/c1-21(2,3)29-20(26)23-11-8-17(9-12-23)24-10-6-7-18(24)19(25)22(13-15-27-4)14-16-28-5/h6-7,10,17H,8-9,11-16H2,1-5H3. The lowest BCUT2D eigenvalue weighted by molar-refractivity contribution is 0.0186. The molecule has 29 heavy (non-hydrogen) atoms. The molecule has 2 amide bonds. The molecule has 1 aliphatic rings. The van der Waals surface area contributed by atoms with Gasteiger partial charge in [0.1, 0.15) is 11.3 Å². The van der Waals surface area contributed by atoms with Crippen molar-refractivity contribution in [1.29, 1.82) is 0 Å². The Morgan fingerprint density at radius 3 is 2.21 bits per heavy atom. The van der Waals surface area contributed by atoms with Gasteiger partial charge in [-0.25, -0.2) is 4.79 Å². The van der Waals surface area contributed by atoms with Crippen LogP contribution in [0.4, 0.5) is 4.79 Å². The average molecular weight is 410 g/mol. The molecule has 1 saturated heterocycles. The van der Waals surface area contributed by atoms with Crippen molar-refractivity contribution in [2.45, 2.75) is 45.3 Å². The normalized spacial score (nSPS) is 15.4. The second-order valence-electron chi connectivity index (χ2n) is 8.28. The summed E-state index contributed by atoms with van der Waals surface area (Å²) >= 11 is 0. The average Bonchev–Trinajstić information content (AvgIpc) is 3.16. The summed E-state index contributed by atoms with van der Waals surface area (Å²) in [5.41, 5.74) is 0.162. The Hall–Kier alpha value is -2.06. The molecule has 0 aromatic carbocycles. The summed E-state index contributed by atoms with van der Waals surface area (Å²) in [6.45, 7) is 8.82. The SMILES string of the molecule is COCCN(CCOC)C(=O)c1cccn1C1CCN(C(=O)OC(C)(C)C)CC1. The molecular formula is C21H35N3O5. The number of amides is 2. The second kappa shape index (κ2) is 10.6. The third-order valence-corrected chi connectivity index (χ3v) is 4.93. The molecule has 0 atom stereocenters. The first-order chi connectivity index (χ1) is 13.8. The third kappa shape index (κ3) is 6.75. The highest BCUT2D eigenvalue weighted by atomic mass is 16.6. The number of methoxy groups -OCH3 is 2. The van der Waals surface area contributed by atoms with E-state index >= 15 is 0 Å². The van der Waals surface area contributed by atoms with Crippen molar-refractivity contribution in [3.05, 3.63) is 24.0 Å². The fourth-order valence-electron chi connectivity index (χ4n) is 3.43. The van der Waals surface area contributed by atoms with Crippen LogP contribution in [0.25, 0.3) is 0 Å². The molecule has 2 heterocycles. The first-order valence-electron chi connectivity index (χ1n) is 10.2. The smallest absolute Gasteiger partial charge is 0.410 e. The number of ether oxygens (including phenoxy) is 3. The molecule has 2 rings (SSSR count). The number of aromatic nitrogens is 1. The van der Waals surface area contributed by atoms with E-state index < -0.39 is 5.60 Å². The van der Waals surface area contributed by atoms with Crippen LogP contribution in [0.1, 0.15) is 50.1 Å². The van der Waals surface area contributed by atoms with Crippen LogP contribution in [0.3, 0.4) is 0 Å². The van der Waals surface area contributed by atoms with Crippen LogP contribution in [0.5, 0.6) is 0 Å². The van der Waals surface area contributed by atoms with E-state index in [0.29, 0.717) is 45.1 Å². The Morgan fingerprint density at radius 1 is 1.10 bits per heavy atom. The highest BCUT2D eigenvalue weighted by Crippen LogP contribution is 2.26. The van der Waals surface area contributed by atoms with Gasteiger partial charge in [0.2, 0.25) is 0 Å². The fourth-order valence-corrected chi connectivity index (χ4v) is 3.43. The van der Waals surface area contributed by atoms with Gasteiger partial charge < -0.3 is 28.6 Å². The number of rotatable bonds is 8. The van der Waals surface area contributed by atoms with Gasteiger partial charge in [0.05, 0.1) is 13.2 Å². The molecule has 0 radical (unpaired) electrons. The maximum atomic E-state index is 13.1. The Bertz CT molecular complexity index is 652. The quantitative estimate of drug-likeness (QED) is 0.660. The Kier molecular flexibility index (Phi) is 8.52. The molecule has 1 aliphatic heterocycles. The van der Waals surface area contributed by atoms with Crippen molar-refractivity contribution in [3.63, 3.8) is 0 Å². The monoisotopic (exact) mass is 409 g/mol. The number of hydrogen-bond acceptors (Lipinski definition) is 5. The van der Waals surface area contributed by atoms with Gasteiger partial charge in [-0.2, -0.15) is 0 Å². The van der Waals surface area contributed by atoms with E-state index in [1.54, 1.807) is 24.0 Å². The molecule has 8 nitrogen and oxygen atoms in total. The van der Waals surface area contributed by atoms with Gasteiger partial charge >= 0.3 is 6.09 Å². The summed E-state index contributed by atoms with van der Waals surface area (Å²) in [4.78, 5) is 28.9. The molecular weight excluding hydrogens is 374 g/mol. The Morgan fingerprint density at radius 2 is 1.69 bits per heavy atom. The van der Waals surface area contributed by atoms with E-state index in [-0.39, 0.29) is 18.0 Å². The van der Waals surface area contributed by atoms with Crippen LogP contribution in [0.15, 0.2) is 18.3 Å². The molecule has 0 N–H and O–H groups in total. The van der Waals surface area contributed by atoms with Crippen LogP contribution < -0.4 is 0 Å². The van der Waals surface area contributed by atoms with Gasteiger partial charge in [-0.05, 0) is 45.7 Å². The van der Waals surface area contributed by atoms with Gasteiger partial charge in [0.15, 0.2) is 0 Å². The van der Waals surface area contributed by atoms with Crippen molar-refractivity contribution in [3.8, 4) is 0 Å². The lowest BCUT2D eigenvalue weighted by atomic mass is 10.0. The second-order valence-corrected chi connectivity index (χ2v) is 8.28. The fraction of sp³-hybridized carbons (Fsp3) is 0.714. The van der Waals surface area contributed by atoms with Crippen molar-refractivity contribution < 1.29 is 23.8 Å².